The van der Waals surface area contributed by atoms with E-state index in [1.54, 1.807) is 24.5 Å². The van der Waals surface area contributed by atoms with Gasteiger partial charge < -0.3 is 4.90 Å². The van der Waals surface area contributed by atoms with Crippen LogP contribution in [0.3, 0.4) is 0 Å². The molecule has 0 saturated carbocycles. The average Bonchev–Trinajstić information content (AvgIpc) is 3.11. The van der Waals surface area contributed by atoms with Crippen molar-refractivity contribution in [1.29, 1.82) is 0 Å². The number of pyridine rings is 2. The summed E-state index contributed by atoms with van der Waals surface area (Å²) >= 11 is 0. The molecule has 3 aromatic rings. The molecule has 3 heterocycles. The molecule has 1 atom stereocenters. The maximum atomic E-state index is 12.5. The first-order chi connectivity index (χ1) is 11.8. The van der Waals surface area contributed by atoms with Crippen molar-refractivity contribution in [3.05, 3.63) is 72.3 Å². The van der Waals surface area contributed by atoms with E-state index < -0.39 is 0 Å². The van der Waals surface area contributed by atoms with Crippen LogP contribution in [0.4, 0.5) is 0 Å². The summed E-state index contributed by atoms with van der Waals surface area (Å²) in [5.41, 5.74) is 1.99. The monoisotopic (exact) mass is 317 g/mol. The Morgan fingerprint density at radius 3 is 2.79 bits per heavy atom. The lowest BCUT2D eigenvalue weighted by Crippen LogP contribution is -2.28. The van der Waals surface area contributed by atoms with E-state index in [0.29, 0.717) is 5.92 Å². The van der Waals surface area contributed by atoms with Crippen LogP contribution in [0, 0.1) is 5.92 Å². The third-order valence-corrected chi connectivity index (χ3v) is 4.76. The van der Waals surface area contributed by atoms with Gasteiger partial charge in [0.15, 0.2) is 0 Å². The number of benzene rings is 1. The summed E-state index contributed by atoms with van der Waals surface area (Å²) in [5, 5.41) is 2.45. The van der Waals surface area contributed by atoms with Crippen LogP contribution in [0.25, 0.3) is 10.8 Å². The smallest absolute Gasteiger partial charge is 0.253 e. The van der Waals surface area contributed by atoms with Crippen molar-refractivity contribution < 1.29 is 4.79 Å². The minimum absolute atomic E-state index is 0.107. The number of carbonyl (C=O) groups excluding carboxylic acids is 1. The van der Waals surface area contributed by atoms with Crippen molar-refractivity contribution in [3.63, 3.8) is 0 Å². The molecule has 1 fully saturated rings. The lowest BCUT2D eigenvalue weighted by molar-refractivity contribution is 0.0787. The minimum atomic E-state index is 0.107. The fourth-order valence-electron chi connectivity index (χ4n) is 3.51. The van der Waals surface area contributed by atoms with Crippen molar-refractivity contribution in [2.45, 2.75) is 12.8 Å². The summed E-state index contributed by atoms with van der Waals surface area (Å²) in [7, 11) is 0. The van der Waals surface area contributed by atoms with Gasteiger partial charge in [-0.2, -0.15) is 0 Å². The second-order valence-electron chi connectivity index (χ2n) is 6.37. The van der Waals surface area contributed by atoms with E-state index in [0.717, 1.165) is 31.5 Å². The van der Waals surface area contributed by atoms with E-state index in [-0.39, 0.29) is 5.91 Å². The summed E-state index contributed by atoms with van der Waals surface area (Å²) in [6, 6.07) is 11.9. The molecule has 1 aliphatic rings. The van der Waals surface area contributed by atoms with Crippen LogP contribution in [-0.4, -0.2) is 33.9 Å². The minimum Gasteiger partial charge on any atom is -0.338 e. The molecule has 4 heteroatoms. The Morgan fingerprint density at radius 2 is 1.92 bits per heavy atom. The molecule has 0 spiro atoms. The highest BCUT2D eigenvalue weighted by Crippen LogP contribution is 2.25. The van der Waals surface area contributed by atoms with Gasteiger partial charge in [0, 0.05) is 48.8 Å². The standard InChI is InChI=1S/C20H19N3O/c24-20(16-5-8-21-9-6-16)23-10-7-15(14-23)11-18-13-22-12-17-3-1-2-4-19(17)18/h1-6,8-9,12-13,15H,7,10-11,14H2/t15-/m0/s1. The molecular weight excluding hydrogens is 298 g/mol. The fraction of sp³-hybridized carbons (Fsp3) is 0.250. The maximum Gasteiger partial charge on any atom is 0.253 e. The molecule has 0 unspecified atom stereocenters. The van der Waals surface area contributed by atoms with E-state index in [9.17, 15) is 4.79 Å². The molecule has 0 radical (unpaired) electrons. The summed E-state index contributed by atoms with van der Waals surface area (Å²) in [6.45, 7) is 1.63. The topological polar surface area (TPSA) is 46.1 Å². The first kappa shape index (κ1) is 14.8. The van der Waals surface area contributed by atoms with Crippen molar-refractivity contribution >= 4 is 16.7 Å². The summed E-state index contributed by atoms with van der Waals surface area (Å²) in [6.07, 6.45) is 9.22. The Labute approximate surface area is 141 Å². The molecular formula is C20H19N3O. The van der Waals surface area contributed by atoms with Gasteiger partial charge in [-0.05, 0) is 41.8 Å². The highest BCUT2D eigenvalue weighted by atomic mass is 16.2. The number of aromatic nitrogens is 2. The third-order valence-electron chi connectivity index (χ3n) is 4.76. The third kappa shape index (κ3) is 2.87. The zero-order valence-corrected chi connectivity index (χ0v) is 13.4. The van der Waals surface area contributed by atoms with Crippen LogP contribution < -0.4 is 0 Å². The molecule has 4 nitrogen and oxygen atoms in total. The highest BCUT2D eigenvalue weighted by Gasteiger charge is 2.27. The molecule has 1 aliphatic heterocycles. The first-order valence-corrected chi connectivity index (χ1v) is 8.32. The predicted octanol–water partition coefficient (Wildman–Crippen LogP) is 3.33. The second kappa shape index (κ2) is 6.40. The van der Waals surface area contributed by atoms with Crippen molar-refractivity contribution in [3.8, 4) is 0 Å². The molecule has 4 rings (SSSR count). The molecule has 0 N–H and O–H groups in total. The number of likely N-dealkylation sites (tertiary alicyclic amines) is 1. The maximum absolute atomic E-state index is 12.5. The normalized spacial score (nSPS) is 17.3. The molecule has 0 bridgehead atoms. The number of fused-ring (bicyclic) bond motifs is 1. The van der Waals surface area contributed by atoms with Gasteiger partial charge in [0.1, 0.15) is 0 Å². The van der Waals surface area contributed by atoms with Gasteiger partial charge >= 0.3 is 0 Å². The van der Waals surface area contributed by atoms with E-state index in [4.69, 9.17) is 0 Å². The summed E-state index contributed by atoms with van der Waals surface area (Å²) < 4.78 is 0. The van der Waals surface area contributed by atoms with Gasteiger partial charge in [0.2, 0.25) is 0 Å². The predicted molar refractivity (Wildman–Crippen MR) is 93.7 cm³/mol. The molecule has 1 amide bonds. The zero-order valence-electron chi connectivity index (χ0n) is 13.4. The van der Waals surface area contributed by atoms with Crippen molar-refractivity contribution in [2.75, 3.05) is 13.1 Å². The van der Waals surface area contributed by atoms with E-state index >= 15 is 0 Å². The number of hydrogen-bond acceptors (Lipinski definition) is 3. The number of hydrogen-bond donors (Lipinski definition) is 0. The number of rotatable bonds is 3. The highest BCUT2D eigenvalue weighted by molar-refractivity contribution is 5.94. The summed E-state index contributed by atoms with van der Waals surface area (Å²) in [4.78, 5) is 22.8. The van der Waals surface area contributed by atoms with Crippen LogP contribution in [0.15, 0.2) is 61.2 Å². The molecule has 1 aromatic carbocycles. The Kier molecular flexibility index (Phi) is 3.95. The van der Waals surface area contributed by atoms with Gasteiger partial charge in [0.25, 0.3) is 5.91 Å². The SMILES string of the molecule is O=C(c1ccncc1)N1CC[C@@H](Cc2cncc3ccccc23)C1. The molecule has 120 valence electrons. The van der Waals surface area contributed by atoms with Gasteiger partial charge in [0.05, 0.1) is 0 Å². The molecule has 24 heavy (non-hydrogen) atoms. The van der Waals surface area contributed by atoms with E-state index in [1.165, 1.54) is 16.3 Å². The van der Waals surface area contributed by atoms with Gasteiger partial charge in [-0.15, -0.1) is 0 Å². The average molecular weight is 317 g/mol. The quantitative estimate of drug-likeness (QED) is 0.744. The van der Waals surface area contributed by atoms with Crippen LogP contribution in [0.1, 0.15) is 22.3 Å². The van der Waals surface area contributed by atoms with E-state index in [2.05, 4.69) is 28.2 Å². The summed E-state index contributed by atoms with van der Waals surface area (Å²) in [5.74, 6) is 0.597. The molecule has 1 saturated heterocycles. The second-order valence-corrected chi connectivity index (χ2v) is 6.37. The number of carbonyl (C=O) groups is 1. The van der Waals surface area contributed by atoms with E-state index in [1.807, 2.05) is 23.4 Å². The van der Waals surface area contributed by atoms with Crippen LogP contribution >= 0.6 is 0 Å². The fourth-order valence-corrected chi connectivity index (χ4v) is 3.51. The molecule has 2 aromatic heterocycles. The van der Waals surface area contributed by atoms with Gasteiger partial charge in [-0.1, -0.05) is 24.3 Å². The first-order valence-electron chi connectivity index (χ1n) is 8.32. The Hall–Kier alpha value is -2.75. The van der Waals surface area contributed by atoms with Crippen LogP contribution in [-0.2, 0) is 6.42 Å². The number of nitrogens with zero attached hydrogens (tertiary/aromatic N) is 3. The lowest BCUT2D eigenvalue weighted by Gasteiger charge is -2.17. The van der Waals surface area contributed by atoms with Crippen molar-refractivity contribution in [2.24, 2.45) is 5.92 Å². The lowest BCUT2D eigenvalue weighted by atomic mass is 9.96. The Balaban J connectivity index is 1.48. The van der Waals surface area contributed by atoms with Crippen LogP contribution in [0.2, 0.25) is 0 Å². The zero-order chi connectivity index (χ0) is 16.4. The largest absolute Gasteiger partial charge is 0.338 e. The Bertz CT molecular complexity index is 858. The van der Waals surface area contributed by atoms with Gasteiger partial charge in [-0.25, -0.2) is 0 Å². The Morgan fingerprint density at radius 1 is 1.08 bits per heavy atom. The van der Waals surface area contributed by atoms with Crippen molar-refractivity contribution in [1.82, 2.24) is 14.9 Å². The number of amides is 1. The molecule has 0 aliphatic carbocycles. The van der Waals surface area contributed by atoms with Gasteiger partial charge in [-0.3, -0.25) is 14.8 Å². The van der Waals surface area contributed by atoms with Crippen LogP contribution in [0.5, 0.6) is 0 Å².